The van der Waals surface area contributed by atoms with Crippen molar-refractivity contribution in [2.75, 3.05) is 26.7 Å². The molecule has 0 radical (unpaired) electrons. The van der Waals surface area contributed by atoms with E-state index >= 15 is 0 Å². The van der Waals surface area contributed by atoms with Crippen LogP contribution in [0, 0.1) is 5.92 Å². The molecule has 0 unspecified atom stereocenters. The van der Waals surface area contributed by atoms with Crippen LogP contribution in [0.5, 0.6) is 0 Å². The Kier molecular flexibility index (Phi) is 6.26. The van der Waals surface area contributed by atoms with Crippen molar-refractivity contribution in [1.82, 2.24) is 20.4 Å². The summed E-state index contributed by atoms with van der Waals surface area (Å²) in [6.45, 7) is 7.41. The van der Waals surface area contributed by atoms with Gasteiger partial charge in [0, 0.05) is 38.7 Å². The van der Waals surface area contributed by atoms with E-state index in [-0.39, 0.29) is 0 Å². The molecule has 0 spiro atoms. The van der Waals surface area contributed by atoms with Gasteiger partial charge in [0.1, 0.15) is 0 Å². The Hall–Kier alpha value is -2.37. The molecule has 0 saturated carbocycles. The highest BCUT2D eigenvalue weighted by molar-refractivity contribution is 5.79. The van der Waals surface area contributed by atoms with Gasteiger partial charge in [-0.1, -0.05) is 31.1 Å². The molecule has 140 valence electrons. The topological polar surface area (TPSA) is 66.6 Å². The fourth-order valence-corrected chi connectivity index (χ4v) is 3.20. The van der Waals surface area contributed by atoms with Gasteiger partial charge in [0.25, 0.3) is 5.89 Å². The van der Waals surface area contributed by atoms with Gasteiger partial charge in [0.2, 0.25) is 0 Å². The number of aryl methyl sites for hydroxylation is 1. The van der Waals surface area contributed by atoms with E-state index < -0.39 is 0 Å². The van der Waals surface area contributed by atoms with Crippen molar-refractivity contribution >= 4 is 5.96 Å². The molecule has 6 heteroatoms. The number of nitrogens with one attached hydrogen (secondary N) is 1. The van der Waals surface area contributed by atoms with Crippen molar-refractivity contribution in [2.24, 2.45) is 10.9 Å². The molecule has 0 aliphatic carbocycles. The number of guanidine groups is 1. The molecule has 3 rings (SSSR count). The molecular formula is C20H29N5O. The summed E-state index contributed by atoms with van der Waals surface area (Å²) in [5.41, 5.74) is 2.24. The molecule has 0 bridgehead atoms. The molecule has 1 aliphatic heterocycles. The highest BCUT2D eigenvalue weighted by atomic mass is 16.5. The minimum Gasteiger partial charge on any atom is -0.356 e. The number of aromatic nitrogens is 2. The average Bonchev–Trinajstić information content (AvgIpc) is 3.16. The fraction of sp³-hybridized carbons (Fsp3) is 0.550. The zero-order chi connectivity index (χ0) is 18.4. The Balaban J connectivity index is 1.50. The lowest BCUT2D eigenvalue weighted by atomic mass is 9.99. The second-order valence-electron chi connectivity index (χ2n) is 6.96. The predicted octanol–water partition coefficient (Wildman–Crippen LogP) is 3.15. The lowest BCUT2D eigenvalue weighted by molar-refractivity contribution is 0.273. The molecule has 1 saturated heterocycles. The highest BCUT2D eigenvalue weighted by Crippen LogP contribution is 2.18. The zero-order valence-electron chi connectivity index (χ0n) is 16.0. The SMILES string of the molecule is CCc1noc(-c2ccc(CCNC(=NC)N3CCC(C)CC3)cc2)n1. The number of nitrogens with zero attached hydrogens (tertiary/aromatic N) is 4. The molecule has 1 N–H and O–H groups in total. The standard InChI is InChI=1S/C20H29N5O/c1-4-18-23-19(26-24-18)17-7-5-16(6-8-17)9-12-22-20(21-3)25-13-10-15(2)11-14-25/h5-8,15H,4,9-14H2,1-3H3,(H,21,22). The predicted molar refractivity (Wildman–Crippen MR) is 104 cm³/mol. The van der Waals surface area contributed by atoms with Gasteiger partial charge in [0.05, 0.1) is 0 Å². The number of hydrogen-bond acceptors (Lipinski definition) is 4. The van der Waals surface area contributed by atoms with Crippen molar-refractivity contribution in [2.45, 2.75) is 39.5 Å². The lowest BCUT2D eigenvalue weighted by Gasteiger charge is -2.32. The molecule has 0 atom stereocenters. The summed E-state index contributed by atoms with van der Waals surface area (Å²) in [7, 11) is 1.87. The quantitative estimate of drug-likeness (QED) is 0.659. The van der Waals surface area contributed by atoms with Gasteiger partial charge in [0.15, 0.2) is 11.8 Å². The van der Waals surface area contributed by atoms with Gasteiger partial charge in [-0.05, 0) is 42.9 Å². The van der Waals surface area contributed by atoms with Gasteiger partial charge in [-0.3, -0.25) is 4.99 Å². The van der Waals surface area contributed by atoms with E-state index in [1.807, 2.05) is 26.1 Å². The Bertz CT molecular complexity index is 714. The summed E-state index contributed by atoms with van der Waals surface area (Å²) in [5.74, 6) is 3.18. The van der Waals surface area contributed by atoms with Crippen molar-refractivity contribution in [3.05, 3.63) is 35.7 Å². The largest absolute Gasteiger partial charge is 0.356 e. The third kappa shape index (κ3) is 4.62. The van der Waals surface area contributed by atoms with E-state index in [0.717, 1.165) is 55.7 Å². The summed E-state index contributed by atoms with van der Waals surface area (Å²) in [4.78, 5) is 11.2. The van der Waals surface area contributed by atoms with Gasteiger partial charge in [-0.2, -0.15) is 4.98 Å². The first-order chi connectivity index (χ1) is 12.7. The van der Waals surface area contributed by atoms with Gasteiger partial charge < -0.3 is 14.7 Å². The number of rotatable bonds is 5. The van der Waals surface area contributed by atoms with E-state index in [1.165, 1.54) is 18.4 Å². The minimum atomic E-state index is 0.589. The Morgan fingerprint density at radius 2 is 2.00 bits per heavy atom. The Labute approximate surface area is 155 Å². The van der Waals surface area contributed by atoms with Crippen LogP contribution in [0.2, 0.25) is 0 Å². The van der Waals surface area contributed by atoms with Crippen LogP contribution in [0.25, 0.3) is 11.5 Å². The second kappa shape index (κ2) is 8.83. The maximum absolute atomic E-state index is 5.29. The molecule has 1 aromatic heterocycles. The molecule has 1 aromatic carbocycles. The van der Waals surface area contributed by atoms with E-state index in [9.17, 15) is 0 Å². The first-order valence-electron chi connectivity index (χ1n) is 9.57. The zero-order valence-corrected chi connectivity index (χ0v) is 16.0. The van der Waals surface area contributed by atoms with Crippen LogP contribution in [0.4, 0.5) is 0 Å². The van der Waals surface area contributed by atoms with Crippen molar-refractivity contribution < 1.29 is 4.52 Å². The Morgan fingerprint density at radius 1 is 1.27 bits per heavy atom. The van der Waals surface area contributed by atoms with E-state index in [1.54, 1.807) is 0 Å². The van der Waals surface area contributed by atoms with Gasteiger partial charge in [-0.15, -0.1) is 0 Å². The lowest BCUT2D eigenvalue weighted by Crippen LogP contribution is -2.45. The molecule has 26 heavy (non-hydrogen) atoms. The normalized spacial score (nSPS) is 16.1. The van der Waals surface area contributed by atoms with Crippen LogP contribution in [0.3, 0.4) is 0 Å². The molecule has 1 aliphatic rings. The summed E-state index contributed by atoms with van der Waals surface area (Å²) < 4.78 is 5.29. The van der Waals surface area contributed by atoms with Crippen molar-refractivity contribution in [1.29, 1.82) is 0 Å². The second-order valence-corrected chi connectivity index (χ2v) is 6.96. The minimum absolute atomic E-state index is 0.589. The van der Waals surface area contributed by atoms with E-state index in [4.69, 9.17) is 4.52 Å². The van der Waals surface area contributed by atoms with Crippen molar-refractivity contribution in [3.63, 3.8) is 0 Å². The number of hydrogen-bond donors (Lipinski definition) is 1. The van der Waals surface area contributed by atoms with Crippen LogP contribution < -0.4 is 5.32 Å². The van der Waals surface area contributed by atoms with Crippen LogP contribution in [-0.2, 0) is 12.8 Å². The summed E-state index contributed by atoms with van der Waals surface area (Å²) in [5, 5.41) is 7.44. The third-order valence-electron chi connectivity index (χ3n) is 4.98. The summed E-state index contributed by atoms with van der Waals surface area (Å²) >= 11 is 0. The molecule has 2 aromatic rings. The first-order valence-corrected chi connectivity index (χ1v) is 9.57. The number of piperidine rings is 1. The van der Waals surface area contributed by atoms with Crippen LogP contribution in [0.1, 0.15) is 38.1 Å². The highest BCUT2D eigenvalue weighted by Gasteiger charge is 2.18. The van der Waals surface area contributed by atoms with Crippen LogP contribution in [-0.4, -0.2) is 47.7 Å². The fourth-order valence-electron chi connectivity index (χ4n) is 3.20. The van der Waals surface area contributed by atoms with E-state index in [0.29, 0.717) is 5.89 Å². The number of benzene rings is 1. The average molecular weight is 355 g/mol. The van der Waals surface area contributed by atoms with Gasteiger partial charge >= 0.3 is 0 Å². The maximum atomic E-state index is 5.29. The van der Waals surface area contributed by atoms with Crippen LogP contribution in [0.15, 0.2) is 33.8 Å². The Morgan fingerprint density at radius 3 is 2.62 bits per heavy atom. The number of likely N-dealkylation sites (tertiary alicyclic amines) is 1. The summed E-state index contributed by atoms with van der Waals surface area (Å²) in [6, 6.07) is 8.34. The first kappa shape index (κ1) is 18.4. The third-order valence-corrected chi connectivity index (χ3v) is 4.98. The molecule has 2 heterocycles. The molecular weight excluding hydrogens is 326 g/mol. The molecule has 1 fully saturated rings. The van der Waals surface area contributed by atoms with Crippen molar-refractivity contribution in [3.8, 4) is 11.5 Å². The number of aliphatic imine (C=N–C) groups is 1. The molecule has 6 nitrogen and oxygen atoms in total. The summed E-state index contributed by atoms with van der Waals surface area (Å²) in [6.07, 6.45) is 4.23. The van der Waals surface area contributed by atoms with E-state index in [2.05, 4.69) is 44.4 Å². The smallest absolute Gasteiger partial charge is 0.257 e. The molecule has 0 amide bonds. The monoisotopic (exact) mass is 355 g/mol. The maximum Gasteiger partial charge on any atom is 0.257 e. The van der Waals surface area contributed by atoms with Gasteiger partial charge in [-0.25, -0.2) is 0 Å². The van der Waals surface area contributed by atoms with Crippen LogP contribution >= 0.6 is 0 Å².